The van der Waals surface area contributed by atoms with Crippen LogP contribution in [-0.4, -0.2) is 72.5 Å². The Balaban J connectivity index is 1.69. The Hall–Kier alpha value is -1.11. The number of amides is 1. The van der Waals surface area contributed by atoms with Crippen LogP contribution < -0.4 is 0 Å². The first kappa shape index (κ1) is 24.5. The standard InChI is InChI=1S/C25H44N2O4/c1-5-30-24-20(10-9-17-28)21(25(2,3)4)18-22(31-24)23(29)27-15-11-19(12-16-27)26-13-7-6-8-14-26/h18-21,24,28H,5-17H2,1-4H3/t20-,21-,24+/m0/s1. The van der Waals surface area contributed by atoms with E-state index in [9.17, 15) is 9.90 Å². The van der Waals surface area contributed by atoms with E-state index in [4.69, 9.17) is 9.47 Å². The molecule has 0 saturated carbocycles. The summed E-state index contributed by atoms with van der Waals surface area (Å²) in [5, 5.41) is 9.37. The van der Waals surface area contributed by atoms with Crippen LogP contribution in [0, 0.1) is 17.3 Å². The van der Waals surface area contributed by atoms with E-state index in [2.05, 4.69) is 31.7 Å². The molecular weight excluding hydrogens is 392 g/mol. The maximum Gasteiger partial charge on any atom is 0.288 e. The van der Waals surface area contributed by atoms with Crippen LogP contribution in [0.5, 0.6) is 0 Å². The van der Waals surface area contributed by atoms with Crippen LogP contribution in [0.25, 0.3) is 0 Å². The molecule has 0 aromatic heterocycles. The number of piperidine rings is 2. The van der Waals surface area contributed by atoms with Gasteiger partial charge in [-0.3, -0.25) is 4.79 Å². The van der Waals surface area contributed by atoms with Crippen molar-refractivity contribution >= 4 is 5.91 Å². The third-order valence-electron chi connectivity index (χ3n) is 7.28. The molecule has 1 amide bonds. The van der Waals surface area contributed by atoms with Gasteiger partial charge in [-0.1, -0.05) is 27.2 Å². The molecule has 31 heavy (non-hydrogen) atoms. The lowest BCUT2D eigenvalue weighted by Crippen LogP contribution is -2.49. The molecule has 3 atom stereocenters. The quantitative estimate of drug-likeness (QED) is 0.658. The Bertz CT molecular complexity index is 601. The largest absolute Gasteiger partial charge is 0.459 e. The van der Waals surface area contributed by atoms with E-state index in [1.54, 1.807) is 0 Å². The van der Waals surface area contributed by atoms with E-state index in [1.165, 1.54) is 32.4 Å². The third-order valence-corrected chi connectivity index (χ3v) is 7.28. The summed E-state index contributed by atoms with van der Waals surface area (Å²) in [6.07, 6.45) is 9.23. The Morgan fingerprint density at radius 1 is 1.16 bits per heavy atom. The number of likely N-dealkylation sites (tertiary alicyclic amines) is 2. The highest BCUT2D eigenvalue weighted by Gasteiger charge is 2.43. The van der Waals surface area contributed by atoms with Gasteiger partial charge in [-0.25, -0.2) is 0 Å². The molecule has 3 rings (SSSR count). The van der Waals surface area contributed by atoms with Gasteiger partial charge in [-0.2, -0.15) is 0 Å². The van der Waals surface area contributed by atoms with Crippen LogP contribution in [-0.2, 0) is 14.3 Å². The fourth-order valence-electron chi connectivity index (χ4n) is 5.56. The van der Waals surface area contributed by atoms with Crippen LogP contribution in [0.4, 0.5) is 0 Å². The molecule has 3 aliphatic heterocycles. The molecule has 2 fully saturated rings. The fourth-order valence-corrected chi connectivity index (χ4v) is 5.56. The topological polar surface area (TPSA) is 62.2 Å². The van der Waals surface area contributed by atoms with Crippen molar-refractivity contribution in [3.63, 3.8) is 0 Å². The number of hydrogen-bond acceptors (Lipinski definition) is 5. The number of hydrogen-bond donors (Lipinski definition) is 1. The number of carbonyl (C=O) groups excluding carboxylic acids is 1. The van der Waals surface area contributed by atoms with E-state index in [0.29, 0.717) is 24.8 Å². The predicted octanol–water partition coefficient (Wildman–Crippen LogP) is 3.79. The lowest BCUT2D eigenvalue weighted by Gasteiger charge is -2.44. The van der Waals surface area contributed by atoms with Gasteiger partial charge in [0.1, 0.15) is 0 Å². The number of ether oxygens (including phenoxy) is 2. The summed E-state index contributed by atoms with van der Waals surface area (Å²) in [6.45, 7) is 13.3. The van der Waals surface area contributed by atoms with Crippen LogP contribution in [0.1, 0.15) is 72.6 Å². The van der Waals surface area contributed by atoms with Crippen LogP contribution in [0.2, 0.25) is 0 Å². The predicted molar refractivity (Wildman–Crippen MR) is 122 cm³/mol. The highest BCUT2D eigenvalue weighted by atomic mass is 16.7. The number of aliphatic hydroxyl groups is 1. The molecule has 178 valence electrons. The van der Waals surface area contributed by atoms with Crippen molar-refractivity contribution in [2.24, 2.45) is 17.3 Å². The average Bonchev–Trinajstić information content (AvgIpc) is 2.77. The minimum Gasteiger partial charge on any atom is -0.459 e. The second-order valence-corrected chi connectivity index (χ2v) is 10.5. The SMILES string of the molecule is CCO[C@@H]1OC(C(=O)N2CCC(N3CCCCC3)CC2)=C[C@H](C(C)(C)C)[C@@H]1CCCO. The molecule has 0 aliphatic carbocycles. The second kappa shape index (κ2) is 11.2. The van der Waals surface area contributed by atoms with Gasteiger partial charge in [-0.15, -0.1) is 0 Å². The van der Waals surface area contributed by atoms with E-state index < -0.39 is 6.29 Å². The molecule has 0 spiro atoms. The molecule has 0 bridgehead atoms. The smallest absolute Gasteiger partial charge is 0.288 e. The molecule has 6 nitrogen and oxygen atoms in total. The van der Waals surface area contributed by atoms with Gasteiger partial charge < -0.3 is 24.4 Å². The van der Waals surface area contributed by atoms with Gasteiger partial charge in [0.2, 0.25) is 6.29 Å². The first-order valence-electron chi connectivity index (χ1n) is 12.5. The van der Waals surface area contributed by atoms with E-state index in [1.807, 2.05) is 11.8 Å². The monoisotopic (exact) mass is 436 g/mol. The van der Waals surface area contributed by atoms with Gasteiger partial charge in [-0.05, 0) is 75.9 Å². The van der Waals surface area contributed by atoms with Gasteiger partial charge in [0, 0.05) is 38.3 Å². The summed E-state index contributed by atoms with van der Waals surface area (Å²) >= 11 is 0. The second-order valence-electron chi connectivity index (χ2n) is 10.5. The number of rotatable bonds is 7. The van der Waals surface area contributed by atoms with Gasteiger partial charge in [0.05, 0.1) is 0 Å². The lowest BCUT2D eigenvalue weighted by molar-refractivity contribution is -0.182. The first-order chi connectivity index (χ1) is 14.8. The first-order valence-corrected chi connectivity index (χ1v) is 12.5. The summed E-state index contributed by atoms with van der Waals surface area (Å²) in [5.74, 6) is 0.759. The summed E-state index contributed by atoms with van der Waals surface area (Å²) in [4.78, 5) is 18.0. The number of allylic oxidation sites excluding steroid dienone is 1. The van der Waals surface area contributed by atoms with Gasteiger partial charge in [0.25, 0.3) is 5.91 Å². The van der Waals surface area contributed by atoms with Crippen molar-refractivity contribution in [1.29, 1.82) is 0 Å². The zero-order valence-electron chi connectivity index (χ0n) is 20.1. The molecule has 0 aromatic rings. The molecule has 2 saturated heterocycles. The summed E-state index contributed by atoms with van der Waals surface area (Å²) < 4.78 is 12.1. The Morgan fingerprint density at radius 3 is 2.42 bits per heavy atom. The van der Waals surface area contributed by atoms with Crippen LogP contribution in [0.3, 0.4) is 0 Å². The van der Waals surface area contributed by atoms with Crippen molar-refractivity contribution in [1.82, 2.24) is 9.80 Å². The van der Waals surface area contributed by atoms with Crippen molar-refractivity contribution in [2.75, 3.05) is 39.4 Å². The molecule has 3 aliphatic rings. The number of carbonyl (C=O) groups is 1. The van der Waals surface area contributed by atoms with Crippen molar-refractivity contribution in [3.8, 4) is 0 Å². The Labute approximate surface area is 188 Å². The highest BCUT2D eigenvalue weighted by Crippen LogP contribution is 2.43. The van der Waals surface area contributed by atoms with E-state index >= 15 is 0 Å². The van der Waals surface area contributed by atoms with Gasteiger partial charge in [0.15, 0.2) is 5.76 Å². The minimum absolute atomic E-state index is 0.0108. The Morgan fingerprint density at radius 2 is 1.84 bits per heavy atom. The summed E-state index contributed by atoms with van der Waals surface area (Å²) in [6, 6.07) is 0.618. The normalized spacial score (nSPS) is 28.9. The molecule has 0 radical (unpaired) electrons. The molecule has 1 N–H and O–H groups in total. The minimum atomic E-state index is -0.435. The highest BCUT2D eigenvalue weighted by molar-refractivity contribution is 5.91. The van der Waals surface area contributed by atoms with Crippen LogP contribution in [0.15, 0.2) is 11.8 Å². The summed E-state index contributed by atoms with van der Waals surface area (Å²) in [5.41, 5.74) is -0.0218. The fraction of sp³-hybridized carbons (Fsp3) is 0.880. The van der Waals surface area contributed by atoms with E-state index in [-0.39, 0.29) is 29.8 Å². The van der Waals surface area contributed by atoms with Crippen molar-refractivity contribution in [2.45, 2.75) is 85.0 Å². The molecule has 6 heteroatoms. The maximum absolute atomic E-state index is 13.4. The third kappa shape index (κ3) is 6.23. The maximum atomic E-state index is 13.4. The lowest BCUT2D eigenvalue weighted by atomic mass is 9.70. The van der Waals surface area contributed by atoms with Crippen LogP contribution >= 0.6 is 0 Å². The van der Waals surface area contributed by atoms with Crippen molar-refractivity contribution < 1.29 is 19.4 Å². The Kier molecular flexibility index (Phi) is 8.82. The number of nitrogens with zero attached hydrogens (tertiary/aromatic N) is 2. The average molecular weight is 437 g/mol. The van der Waals surface area contributed by atoms with Crippen molar-refractivity contribution in [3.05, 3.63) is 11.8 Å². The molecule has 3 heterocycles. The van der Waals surface area contributed by atoms with E-state index in [0.717, 1.165) is 32.4 Å². The zero-order chi connectivity index (χ0) is 22.4. The molecular formula is C25H44N2O4. The molecule has 0 unspecified atom stereocenters. The van der Waals surface area contributed by atoms with Gasteiger partial charge >= 0.3 is 0 Å². The zero-order valence-corrected chi connectivity index (χ0v) is 20.1. The molecule has 0 aromatic carbocycles. The summed E-state index contributed by atoms with van der Waals surface area (Å²) in [7, 11) is 0. The number of aliphatic hydroxyl groups excluding tert-OH is 1.